The topological polar surface area (TPSA) is 93.8 Å². The molecule has 4 amide bonds. The third-order valence-corrected chi connectivity index (χ3v) is 5.75. The van der Waals surface area contributed by atoms with Crippen LogP contribution in [-0.2, 0) is 22.7 Å². The van der Waals surface area contributed by atoms with Gasteiger partial charge in [-0.05, 0) is 42.8 Å². The van der Waals surface area contributed by atoms with Gasteiger partial charge in [0.15, 0.2) is 0 Å². The van der Waals surface area contributed by atoms with E-state index in [1.807, 2.05) is 60.8 Å². The molecule has 1 aliphatic heterocycles. The number of fused-ring (bicyclic) bond motifs is 1. The van der Waals surface area contributed by atoms with Gasteiger partial charge in [-0.3, -0.25) is 19.8 Å². The van der Waals surface area contributed by atoms with Gasteiger partial charge in [-0.25, -0.2) is 4.79 Å². The van der Waals surface area contributed by atoms with Gasteiger partial charge >= 0.3 is 6.03 Å². The van der Waals surface area contributed by atoms with Crippen molar-refractivity contribution in [3.05, 3.63) is 96.1 Å². The molecule has 0 spiro atoms. The third-order valence-electron chi connectivity index (χ3n) is 5.75. The maximum Gasteiger partial charge on any atom is 0.331 e. The van der Waals surface area contributed by atoms with Crippen LogP contribution in [0.15, 0.2) is 89.2 Å². The van der Waals surface area contributed by atoms with E-state index < -0.39 is 17.8 Å². The number of hydrogen-bond acceptors (Lipinski definition) is 5. The van der Waals surface area contributed by atoms with Crippen molar-refractivity contribution in [3.8, 4) is 5.75 Å². The monoisotopic (exact) mass is 469 g/mol. The van der Waals surface area contributed by atoms with Crippen molar-refractivity contribution in [1.82, 2.24) is 14.8 Å². The highest BCUT2D eigenvalue weighted by molar-refractivity contribution is 6.31. The van der Waals surface area contributed by atoms with E-state index in [1.165, 1.54) is 6.26 Å². The van der Waals surface area contributed by atoms with E-state index >= 15 is 0 Å². The maximum atomic E-state index is 13.1. The Bertz CT molecular complexity index is 1400. The second-order valence-electron chi connectivity index (χ2n) is 8.10. The molecule has 2 aromatic carbocycles. The Morgan fingerprint density at radius 2 is 1.74 bits per heavy atom. The normalized spacial score (nSPS) is 15.1. The summed E-state index contributed by atoms with van der Waals surface area (Å²) < 4.78 is 13.1. The number of hydrogen-bond donors (Lipinski definition) is 1. The minimum absolute atomic E-state index is 0.0640. The summed E-state index contributed by atoms with van der Waals surface area (Å²) in [7, 11) is 0. The van der Waals surface area contributed by atoms with Gasteiger partial charge < -0.3 is 13.7 Å². The van der Waals surface area contributed by atoms with E-state index in [9.17, 15) is 14.4 Å². The largest absolute Gasteiger partial charge is 0.494 e. The fraction of sp³-hybridized carbons (Fsp3) is 0.148. The van der Waals surface area contributed by atoms with E-state index in [0.29, 0.717) is 18.9 Å². The Morgan fingerprint density at radius 1 is 0.943 bits per heavy atom. The second-order valence-corrected chi connectivity index (χ2v) is 8.10. The predicted octanol–water partition coefficient (Wildman–Crippen LogP) is 4.37. The predicted molar refractivity (Wildman–Crippen MR) is 129 cm³/mol. The molecule has 176 valence electrons. The number of imide groups is 2. The van der Waals surface area contributed by atoms with E-state index in [4.69, 9.17) is 9.15 Å². The van der Waals surface area contributed by atoms with Crippen molar-refractivity contribution in [3.63, 3.8) is 0 Å². The molecule has 1 fully saturated rings. The lowest BCUT2D eigenvalue weighted by Gasteiger charge is -2.25. The van der Waals surface area contributed by atoms with Crippen LogP contribution in [0.25, 0.3) is 17.0 Å². The van der Waals surface area contributed by atoms with Crippen LogP contribution < -0.4 is 10.1 Å². The number of carbonyl (C=O) groups is 3. The number of barbiturate groups is 1. The first kappa shape index (κ1) is 22.2. The Morgan fingerprint density at radius 3 is 2.54 bits per heavy atom. The number of aromatic nitrogens is 1. The highest BCUT2D eigenvalue weighted by atomic mass is 16.5. The van der Waals surface area contributed by atoms with Gasteiger partial charge in [0.25, 0.3) is 11.8 Å². The van der Waals surface area contributed by atoms with E-state index in [2.05, 4.69) is 9.88 Å². The zero-order chi connectivity index (χ0) is 24.2. The molecule has 0 saturated carbocycles. The smallest absolute Gasteiger partial charge is 0.331 e. The lowest BCUT2D eigenvalue weighted by molar-refractivity contribution is -0.130. The summed E-state index contributed by atoms with van der Waals surface area (Å²) in [5.41, 5.74) is 1.59. The molecule has 35 heavy (non-hydrogen) atoms. The SMILES string of the molecule is O=C1NC(=O)N(Cc2ccco2)C(=O)/C1=C\c1cn(CCCOc2ccccc2)c2ccccc12. The van der Waals surface area contributed by atoms with Crippen LogP contribution in [0.5, 0.6) is 5.75 Å². The number of aryl methyl sites for hydroxylation is 1. The van der Waals surface area contributed by atoms with Crippen molar-refractivity contribution < 1.29 is 23.5 Å². The van der Waals surface area contributed by atoms with E-state index in [0.717, 1.165) is 33.5 Å². The molecule has 8 nitrogen and oxygen atoms in total. The molecule has 3 heterocycles. The molecule has 1 N–H and O–H groups in total. The van der Waals surface area contributed by atoms with E-state index in [-0.39, 0.29) is 12.1 Å². The molecular weight excluding hydrogens is 446 g/mol. The Labute approximate surface area is 201 Å². The summed E-state index contributed by atoms with van der Waals surface area (Å²) in [5.74, 6) is -0.116. The number of benzene rings is 2. The van der Waals surface area contributed by atoms with Gasteiger partial charge in [0.1, 0.15) is 17.1 Å². The van der Waals surface area contributed by atoms with Crippen LogP contribution in [-0.4, -0.2) is 33.9 Å². The average molecular weight is 469 g/mol. The Balaban J connectivity index is 1.37. The summed E-state index contributed by atoms with van der Waals surface area (Å²) in [6, 6.07) is 20.0. The van der Waals surface area contributed by atoms with Gasteiger partial charge in [0, 0.05) is 29.2 Å². The lowest BCUT2D eigenvalue weighted by Crippen LogP contribution is -2.53. The minimum atomic E-state index is -0.769. The van der Waals surface area contributed by atoms with Crippen molar-refractivity contribution in [2.45, 2.75) is 19.5 Å². The number of nitrogens with one attached hydrogen (secondary N) is 1. The van der Waals surface area contributed by atoms with Crippen LogP contribution in [0.2, 0.25) is 0 Å². The Hall–Kier alpha value is -4.59. The molecule has 1 aliphatic rings. The average Bonchev–Trinajstić information content (AvgIpc) is 3.51. The molecule has 2 aromatic heterocycles. The van der Waals surface area contributed by atoms with Gasteiger partial charge in [0.2, 0.25) is 0 Å². The first-order valence-corrected chi connectivity index (χ1v) is 11.3. The van der Waals surface area contributed by atoms with Crippen LogP contribution >= 0.6 is 0 Å². The van der Waals surface area contributed by atoms with Gasteiger partial charge in [0.05, 0.1) is 19.4 Å². The molecule has 0 aliphatic carbocycles. The number of furan rings is 1. The van der Waals surface area contributed by atoms with Crippen molar-refractivity contribution in [2.75, 3.05) is 6.61 Å². The number of para-hydroxylation sites is 2. The molecule has 0 unspecified atom stereocenters. The third kappa shape index (κ3) is 4.72. The highest BCUT2D eigenvalue weighted by Crippen LogP contribution is 2.26. The quantitative estimate of drug-likeness (QED) is 0.235. The number of carbonyl (C=O) groups excluding carboxylic acids is 3. The van der Waals surface area contributed by atoms with Crippen molar-refractivity contribution in [2.24, 2.45) is 0 Å². The highest BCUT2D eigenvalue weighted by Gasteiger charge is 2.36. The van der Waals surface area contributed by atoms with Crippen LogP contribution in [0.4, 0.5) is 4.79 Å². The number of urea groups is 1. The minimum Gasteiger partial charge on any atom is -0.494 e. The molecule has 5 rings (SSSR count). The number of rotatable bonds is 8. The van der Waals surface area contributed by atoms with Crippen LogP contribution in [0.1, 0.15) is 17.7 Å². The number of nitrogens with zero attached hydrogens (tertiary/aromatic N) is 2. The molecule has 1 saturated heterocycles. The summed E-state index contributed by atoms with van der Waals surface area (Å²) >= 11 is 0. The van der Waals surface area contributed by atoms with Gasteiger partial charge in [-0.1, -0.05) is 36.4 Å². The molecule has 8 heteroatoms. The van der Waals surface area contributed by atoms with Crippen LogP contribution in [0, 0.1) is 0 Å². The van der Waals surface area contributed by atoms with Crippen molar-refractivity contribution >= 4 is 34.8 Å². The second kappa shape index (κ2) is 9.72. The zero-order valence-corrected chi connectivity index (χ0v) is 18.8. The van der Waals surface area contributed by atoms with Gasteiger partial charge in [-0.15, -0.1) is 0 Å². The first-order chi connectivity index (χ1) is 17.1. The van der Waals surface area contributed by atoms with Gasteiger partial charge in [-0.2, -0.15) is 0 Å². The number of amides is 4. The van der Waals surface area contributed by atoms with Crippen molar-refractivity contribution in [1.29, 1.82) is 0 Å². The molecule has 0 radical (unpaired) electrons. The maximum absolute atomic E-state index is 13.1. The number of ether oxygens (including phenoxy) is 1. The zero-order valence-electron chi connectivity index (χ0n) is 18.8. The molecule has 4 aromatic rings. The fourth-order valence-electron chi connectivity index (χ4n) is 4.07. The first-order valence-electron chi connectivity index (χ1n) is 11.3. The summed E-state index contributed by atoms with van der Waals surface area (Å²) in [5, 5.41) is 3.15. The van der Waals surface area contributed by atoms with Crippen LogP contribution in [0.3, 0.4) is 0 Å². The summed E-state index contributed by atoms with van der Waals surface area (Å²) in [6.45, 7) is 1.18. The molecule has 0 bridgehead atoms. The molecular formula is C27H23N3O5. The standard InChI is InChI=1S/C27H23N3O5/c31-25-23(26(32)30(27(33)28-25)18-21-10-6-14-35-21)16-19-17-29(24-12-5-4-11-22(19)24)13-7-15-34-20-8-2-1-3-9-20/h1-6,8-12,14,16-17H,7,13,15,18H2,(H,28,31,33)/b23-16-. The summed E-state index contributed by atoms with van der Waals surface area (Å²) in [4.78, 5) is 38.9. The van der Waals surface area contributed by atoms with E-state index in [1.54, 1.807) is 18.2 Å². The summed E-state index contributed by atoms with van der Waals surface area (Å²) in [6.07, 6.45) is 5.68. The fourth-order valence-corrected chi connectivity index (χ4v) is 4.07. The lowest BCUT2D eigenvalue weighted by atomic mass is 10.1. The Kier molecular flexibility index (Phi) is 6.17. The molecule has 0 atom stereocenters.